The van der Waals surface area contributed by atoms with Crippen LogP contribution < -0.4 is 5.32 Å². The minimum Gasteiger partial charge on any atom is -0.478 e. The van der Waals surface area contributed by atoms with Crippen LogP contribution in [0.3, 0.4) is 0 Å². The standard InChI is InChI=1S/C14H17NO3S/c1-19-12-4-2-3-11(12)15-13(16)9-5-7-10(8-6-9)14(17)18/h5-8,11-12H,2-4H2,1H3,(H,15,16)(H,17,18). The fraction of sp³-hybridized carbons (Fsp3) is 0.429. The van der Waals surface area contributed by atoms with Gasteiger partial charge in [0, 0.05) is 16.9 Å². The molecule has 0 saturated heterocycles. The lowest BCUT2D eigenvalue weighted by molar-refractivity contribution is 0.0696. The Bertz CT molecular complexity index is 472. The molecule has 19 heavy (non-hydrogen) atoms. The predicted octanol–water partition coefficient (Wildman–Crippen LogP) is 2.40. The van der Waals surface area contributed by atoms with E-state index in [4.69, 9.17) is 5.11 Å². The molecule has 1 amide bonds. The number of hydrogen-bond acceptors (Lipinski definition) is 3. The number of amides is 1. The highest BCUT2D eigenvalue weighted by atomic mass is 32.2. The van der Waals surface area contributed by atoms with Crippen LogP contribution in [0.15, 0.2) is 24.3 Å². The lowest BCUT2D eigenvalue weighted by Crippen LogP contribution is -2.38. The van der Waals surface area contributed by atoms with Gasteiger partial charge in [0.25, 0.3) is 5.91 Å². The number of benzene rings is 1. The molecular formula is C14H17NO3S. The average molecular weight is 279 g/mol. The fourth-order valence-corrected chi connectivity index (χ4v) is 3.32. The summed E-state index contributed by atoms with van der Waals surface area (Å²) in [6.07, 6.45) is 5.37. The Morgan fingerprint density at radius 3 is 2.42 bits per heavy atom. The van der Waals surface area contributed by atoms with Crippen LogP contribution in [0.5, 0.6) is 0 Å². The Kier molecular flexibility index (Phi) is 4.47. The van der Waals surface area contributed by atoms with E-state index in [0.717, 1.165) is 19.3 Å². The molecule has 5 heteroatoms. The molecule has 1 saturated carbocycles. The van der Waals surface area contributed by atoms with E-state index in [1.165, 1.54) is 12.1 Å². The number of carbonyl (C=O) groups excluding carboxylic acids is 1. The van der Waals surface area contributed by atoms with Crippen molar-refractivity contribution in [3.05, 3.63) is 35.4 Å². The first-order valence-electron chi connectivity index (χ1n) is 6.29. The number of aromatic carboxylic acids is 1. The molecule has 4 nitrogen and oxygen atoms in total. The molecule has 0 radical (unpaired) electrons. The summed E-state index contributed by atoms with van der Waals surface area (Å²) in [6, 6.07) is 6.25. The van der Waals surface area contributed by atoms with Crippen molar-refractivity contribution in [3.63, 3.8) is 0 Å². The summed E-state index contributed by atoms with van der Waals surface area (Å²) < 4.78 is 0. The van der Waals surface area contributed by atoms with Gasteiger partial charge in [-0.1, -0.05) is 6.42 Å². The Morgan fingerprint density at radius 1 is 1.21 bits per heavy atom. The highest BCUT2D eigenvalue weighted by Gasteiger charge is 2.27. The lowest BCUT2D eigenvalue weighted by atomic mass is 10.1. The van der Waals surface area contributed by atoms with Gasteiger partial charge in [0.15, 0.2) is 0 Å². The quantitative estimate of drug-likeness (QED) is 0.888. The summed E-state index contributed by atoms with van der Waals surface area (Å²) in [7, 11) is 0. The van der Waals surface area contributed by atoms with Crippen LogP contribution in [0, 0.1) is 0 Å². The molecule has 1 aliphatic carbocycles. The zero-order valence-electron chi connectivity index (χ0n) is 10.8. The maximum absolute atomic E-state index is 12.1. The van der Waals surface area contributed by atoms with Crippen LogP contribution in [0.25, 0.3) is 0 Å². The first-order valence-corrected chi connectivity index (χ1v) is 7.57. The Hall–Kier alpha value is -1.49. The molecule has 1 aromatic rings. The second kappa shape index (κ2) is 6.10. The number of carbonyl (C=O) groups is 2. The molecule has 2 unspecified atom stereocenters. The van der Waals surface area contributed by atoms with E-state index in [0.29, 0.717) is 10.8 Å². The number of carboxylic acids is 1. The normalized spacial score (nSPS) is 22.2. The zero-order chi connectivity index (χ0) is 13.8. The van der Waals surface area contributed by atoms with Crippen LogP contribution in [0.4, 0.5) is 0 Å². The zero-order valence-corrected chi connectivity index (χ0v) is 11.6. The third-order valence-electron chi connectivity index (χ3n) is 3.47. The van der Waals surface area contributed by atoms with Crippen LogP contribution in [0.1, 0.15) is 40.0 Å². The van der Waals surface area contributed by atoms with Gasteiger partial charge in [0.1, 0.15) is 0 Å². The van der Waals surface area contributed by atoms with Crippen molar-refractivity contribution in [2.45, 2.75) is 30.6 Å². The Balaban J connectivity index is 2.01. The largest absolute Gasteiger partial charge is 0.478 e. The highest BCUT2D eigenvalue weighted by molar-refractivity contribution is 7.99. The van der Waals surface area contributed by atoms with Gasteiger partial charge in [-0.3, -0.25) is 4.79 Å². The van der Waals surface area contributed by atoms with E-state index in [2.05, 4.69) is 11.6 Å². The summed E-state index contributed by atoms with van der Waals surface area (Å²) in [5.74, 6) is -1.10. The van der Waals surface area contributed by atoms with Gasteiger partial charge >= 0.3 is 5.97 Å². The number of nitrogens with one attached hydrogen (secondary N) is 1. The van der Waals surface area contributed by atoms with Crippen molar-refractivity contribution < 1.29 is 14.7 Å². The van der Waals surface area contributed by atoms with Gasteiger partial charge in [0.2, 0.25) is 0 Å². The minimum absolute atomic E-state index is 0.122. The number of carboxylic acid groups (broad SMARTS) is 1. The van der Waals surface area contributed by atoms with Crippen molar-refractivity contribution in [3.8, 4) is 0 Å². The van der Waals surface area contributed by atoms with E-state index in [-0.39, 0.29) is 17.5 Å². The molecule has 1 aliphatic rings. The van der Waals surface area contributed by atoms with Crippen LogP contribution in [-0.4, -0.2) is 34.5 Å². The molecule has 2 N–H and O–H groups in total. The van der Waals surface area contributed by atoms with Crippen molar-refractivity contribution >= 4 is 23.6 Å². The van der Waals surface area contributed by atoms with E-state index in [1.807, 2.05) is 0 Å². The summed E-state index contributed by atoms with van der Waals surface area (Å²) in [4.78, 5) is 22.8. The van der Waals surface area contributed by atoms with Crippen molar-refractivity contribution in [1.82, 2.24) is 5.32 Å². The molecule has 2 rings (SSSR count). The smallest absolute Gasteiger partial charge is 0.335 e. The molecule has 1 aromatic carbocycles. The van der Waals surface area contributed by atoms with Crippen molar-refractivity contribution in [2.75, 3.05) is 6.26 Å². The molecule has 102 valence electrons. The molecule has 0 aromatic heterocycles. The molecule has 1 fully saturated rings. The van der Waals surface area contributed by atoms with Crippen LogP contribution in [0.2, 0.25) is 0 Å². The first-order chi connectivity index (χ1) is 9.11. The average Bonchev–Trinajstić information content (AvgIpc) is 2.86. The molecule has 2 atom stereocenters. The lowest BCUT2D eigenvalue weighted by Gasteiger charge is -2.19. The minimum atomic E-state index is -0.981. The first kappa shape index (κ1) is 13.9. The van der Waals surface area contributed by atoms with Crippen LogP contribution in [-0.2, 0) is 0 Å². The second-order valence-corrected chi connectivity index (χ2v) is 5.74. The summed E-state index contributed by atoms with van der Waals surface area (Å²) >= 11 is 1.79. The predicted molar refractivity (Wildman–Crippen MR) is 75.8 cm³/mol. The summed E-state index contributed by atoms with van der Waals surface area (Å²) in [5.41, 5.74) is 0.705. The van der Waals surface area contributed by atoms with E-state index in [1.54, 1.807) is 23.9 Å². The molecule has 0 aliphatic heterocycles. The number of thioether (sulfide) groups is 1. The molecule has 0 spiro atoms. The maximum atomic E-state index is 12.1. The van der Waals surface area contributed by atoms with Gasteiger partial charge in [-0.15, -0.1) is 0 Å². The molecule has 0 bridgehead atoms. The van der Waals surface area contributed by atoms with Gasteiger partial charge < -0.3 is 10.4 Å². The number of hydrogen-bond donors (Lipinski definition) is 2. The fourth-order valence-electron chi connectivity index (χ4n) is 2.39. The van der Waals surface area contributed by atoms with E-state index in [9.17, 15) is 9.59 Å². The SMILES string of the molecule is CSC1CCCC1NC(=O)c1ccc(C(=O)O)cc1. The number of rotatable bonds is 4. The molecule has 0 heterocycles. The summed E-state index contributed by atoms with van der Waals surface area (Å²) in [6.45, 7) is 0. The van der Waals surface area contributed by atoms with Crippen molar-refractivity contribution in [2.24, 2.45) is 0 Å². The third kappa shape index (κ3) is 3.29. The Labute approximate surface area is 116 Å². The highest BCUT2D eigenvalue weighted by Crippen LogP contribution is 2.28. The van der Waals surface area contributed by atoms with Crippen molar-refractivity contribution in [1.29, 1.82) is 0 Å². The van der Waals surface area contributed by atoms with E-state index < -0.39 is 5.97 Å². The van der Waals surface area contributed by atoms with Gasteiger partial charge in [-0.25, -0.2) is 4.79 Å². The van der Waals surface area contributed by atoms with E-state index >= 15 is 0 Å². The van der Waals surface area contributed by atoms with Gasteiger partial charge in [-0.05, 0) is 43.4 Å². The van der Waals surface area contributed by atoms with Crippen LogP contribution >= 0.6 is 11.8 Å². The van der Waals surface area contributed by atoms with Gasteiger partial charge in [0.05, 0.1) is 5.56 Å². The topological polar surface area (TPSA) is 66.4 Å². The summed E-state index contributed by atoms with van der Waals surface area (Å²) in [5, 5.41) is 12.3. The monoisotopic (exact) mass is 279 g/mol. The van der Waals surface area contributed by atoms with Gasteiger partial charge in [-0.2, -0.15) is 11.8 Å². The third-order valence-corrected chi connectivity index (χ3v) is 4.64. The Morgan fingerprint density at radius 2 is 1.84 bits per heavy atom. The molecular weight excluding hydrogens is 262 g/mol. The maximum Gasteiger partial charge on any atom is 0.335 e. The second-order valence-electron chi connectivity index (χ2n) is 4.67.